The van der Waals surface area contributed by atoms with E-state index in [2.05, 4.69) is 0 Å². The predicted molar refractivity (Wildman–Crippen MR) is 35.5 cm³/mol. The number of hydrogen-bond donors (Lipinski definition) is 2. The SMILES string of the molecule is CN(C)C(=O)C(C)(N)N. The van der Waals surface area contributed by atoms with Crippen molar-refractivity contribution >= 4 is 5.91 Å². The van der Waals surface area contributed by atoms with Crippen LogP contribution in [0.3, 0.4) is 0 Å². The molecule has 0 heterocycles. The minimum absolute atomic E-state index is 0.275. The molecular weight excluding hydrogens is 118 g/mol. The van der Waals surface area contributed by atoms with Gasteiger partial charge in [0.25, 0.3) is 5.91 Å². The fraction of sp³-hybridized carbons (Fsp3) is 0.800. The highest BCUT2D eigenvalue weighted by molar-refractivity contribution is 5.84. The number of carbonyl (C=O) groups excluding carboxylic acids is 1. The molecule has 9 heavy (non-hydrogen) atoms. The van der Waals surface area contributed by atoms with Crippen molar-refractivity contribution in [3.63, 3.8) is 0 Å². The maximum absolute atomic E-state index is 10.8. The number of rotatable bonds is 1. The summed E-state index contributed by atoms with van der Waals surface area (Å²) in [5, 5.41) is 0. The van der Waals surface area contributed by atoms with Crippen molar-refractivity contribution in [2.45, 2.75) is 12.6 Å². The van der Waals surface area contributed by atoms with Crippen LogP contribution in [0.25, 0.3) is 0 Å². The van der Waals surface area contributed by atoms with Gasteiger partial charge < -0.3 is 16.4 Å². The number of carbonyl (C=O) groups is 1. The molecule has 4 heteroatoms. The minimum atomic E-state index is -1.23. The van der Waals surface area contributed by atoms with Gasteiger partial charge >= 0.3 is 0 Å². The van der Waals surface area contributed by atoms with Gasteiger partial charge in [0.15, 0.2) is 0 Å². The smallest absolute Gasteiger partial charge is 0.256 e. The summed E-state index contributed by atoms with van der Waals surface area (Å²) in [5.41, 5.74) is 9.30. The first kappa shape index (κ1) is 8.39. The minimum Gasteiger partial charge on any atom is -0.346 e. The van der Waals surface area contributed by atoms with Crippen LogP contribution in [0.2, 0.25) is 0 Å². The van der Waals surface area contributed by atoms with Gasteiger partial charge in [-0.05, 0) is 6.92 Å². The topological polar surface area (TPSA) is 72.3 Å². The first-order valence-corrected chi connectivity index (χ1v) is 2.65. The third-order valence-electron chi connectivity index (χ3n) is 0.867. The van der Waals surface area contributed by atoms with Crippen LogP contribution in [0.5, 0.6) is 0 Å². The van der Waals surface area contributed by atoms with E-state index in [-0.39, 0.29) is 5.91 Å². The van der Waals surface area contributed by atoms with Crippen molar-refractivity contribution in [3.05, 3.63) is 0 Å². The van der Waals surface area contributed by atoms with Crippen molar-refractivity contribution in [2.24, 2.45) is 11.5 Å². The zero-order chi connectivity index (χ0) is 7.65. The Morgan fingerprint density at radius 2 is 1.78 bits per heavy atom. The lowest BCUT2D eigenvalue weighted by Gasteiger charge is -2.21. The van der Waals surface area contributed by atoms with Gasteiger partial charge in [-0.25, -0.2) is 0 Å². The predicted octanol–water partition coefficient (Wildman–Crippen LogP) is -1.29. The number of hydrogen-bond acceptors (Lipinski definition) is 3. The molecule has 0 aromatic carbocycles. The van der Waals surface area contributed by atoms with Crippen LogP contribution in [-0.4, -0.2) is 30.6 Å². The van der Waals surface area contributed by atoms with E-state index >= 15 is 0 Å². The molecule has 0 spiro atoms. The summed E-state index contributed by atoms with van der Waals surface area (Å²) in [7, 11) is 3.22. The molecule has 1 amide bonds. The molecule has 0 bridgehead atoms. The highest BCUT2D eigenvalue weighted by atomic mass is 16.2. The third kappa shape index (κ3) is 2.43. The van der Waals surface area contributed by atoms with E-state index in [1.165, 1.54) is 11.8 Å². The molecule has 0 radical (unpaired) electrons. The quantitative estimate of drug-likeness (QED) is 0.435. The normalized spacial score (nSPS) is 11.2. The highest BCUT2D eigenvalue weighted by Gasteiger charge is 2.23. The van der Waals surface area contributed by atoms with E-state index in [1.54, 1.807) is 14.1 Å². The average molecular weight is 131 g/mol. The Morgan fingerprint density at radius 3 is 1.78 bits per heavy atom. The third-order valence-corrected chi connectivity index (χ3v) is 0.867. The zero-order valence-electron chi connectivity index (χ0n) is 6.01. The molecule has 4 N–H and O–H groups in total. The fourth-order valence-corrected chi connectivity index (χ4v) is 0.482. The molecule has 0 saturated carbocycles. The van der Waals surface area contributed by atoms with Gasteiger partial charge in [0.1, 0.15) is 5.66 Å². The highest BCUT2D eigenvalue weighted by Crippen LogP contribution is 1.91. The van der Waals surface area contributed by atoms with Crippen molar-refractivity contribution in [1.82, 2.24) is 4.90 Å². The average Bonchev–Trinajstić information content (AvgIpc) is 1.62. The van der Waals surface area contributed by atoms with Crippen molar-refractivity contribution in [2.75, 3.05) is 14.1 Å². The lowest BCUT2D eigenvalue weighted by molar-refractivity contribution is -0.133. The molecule has 0 rings (SSSR count). The molecule has 0 fully saturated rings. The lowest BCUT2D eigenvalue weighted by atomic mass is 10.2. The van der Waals surface area contributed by atoms with Gasteiger partial charge in [-0.1, -0.05) is 0 Å². The fourth-order valence-electron chi connectivity index (χ4n) is 0.482. The lowest BCUT2D eigenvalue weighted by Crippen LogP contribution is -2.58. The number of likely N-dealkylation sites (N-methyl/N-ethyl adjacent to an activating group) is 1. The van der Waals surface area contributed by atoms with E-state index < -0.39 is 5.66 Å². The molecule has 0 aliphatic heterocycles. The molecule has 0 saturated heterocycles. The van der Waals surface area contributed by atoms with Crippen LogP contribution >= 0.6 is 0 Å². The summed E-state index contributed by atoms with van der Waals surface area (Å²) in [4.78, 5) is 12.2. The number of nitrogens with zero attached hydrogens (tertiary/aromatic N) is 1. The van der Waals surface area contributed by atoms with Gasteiger partial charge in [0.05, 0.1) is 0 Å². The Labute approximate surface area is 54.8 Å². The van der Waals surface area contributed by atoms with Crippen molar-refractivity contribution < 1.29 is 4.79 Å². The molecule has 0 aliphatic rings. The first-order valence-electron chi connectivity index (χ1n) is 2.65. The largest absolute Gasteiger partial charge is 0.346 e. The number of amides is 1. The molecule has 0 aromatic rings. The second-order valence-electron chi connectivity index (χ2n) is 2.48. The van der Waals surface area contributed by atoms with Gasteiger partial charge in [-0.3, -0.25) is 4.79 Å². The Balaban J connectivity index is 4.06. The second-order valence-corrected chi connectivity index (χ2v) is 2.48. The summed E-state index contributed by atoms with van der Waals surface area (Å²) >= 11 is 0. The summed E-state index contributed by atoms with van der Waals surface area (Å²) in [6, 6.07) is 0. The summed E-state index contributed by atoms with van der Waals surface area (Å²) in [6.45, 7) is 1.47. The Bertz CT molecular complexity index is 114. The van der Waals surface area contributed by atoms with Crippen molar-refractivity contribution in [1.29, 1.82) is 0 Å². The molecule has 0 unspecified atom stereocenters. The van der Waals surface area contributed by atoms with Crippen molar-refractivity contribution in [3.8, 4) is 0 Å². The maximum Gasteiger partial charge on any atom is 0.256 e. The van der Waals surface area contributed by atoms with Gasteiger partial charge in [-0.2, -0.15) is 0 Å². The first-order chi connectivity index (χ1) is 3.85. The van der Waals surface area contributed by atoms with E-state index in [1.807, 2.05) is 0 Å². The van der Waals surface area contributed by atoms with E-state index in [0.29, 0.717) is 0 Å². The summed E-state index contributed by atoms with van der Waals surface area (Å²) in [6.07, 6.45) is 0. The van der Waals surface area contributed by atoms with Crippen LogP contribution in [0, 0.1) is 0 Å². The number of nitrogens with two attached hydrogens (primary N) is 2. The molecule has 0 atom stereocenters. The van der Waals surface area contributed by atoms with Gasteiger partial charge in [0.2, 0.25) is 0 Å². The maximum atomic E-state index is 10.8. The monoisotopic (exact) mass is 131 g/mol. The van der Waals surface area contributed by atoms with E-state index in [9.17, 15) is 4.79 Å². The Kier molecular flexibility index (Phi) is 2.17. The summed E-state index contributed by atoms with van der Waals surface area (Å²) in [5.74, 6) is -0.275. The van der Waals surface area contributed by atoms with Gasteiger partial charge in [0, 0.05) is 14.1 Å². The van der Waals surface area contributed by atoms with E-state index in [4.69, 9.17) is 11.5 Å². The summed E-state index contributed by atoms with van der Waals surface area (Å²) < 4.78 is 0. The molecule has 54 valence electrons. The second kappa shape index (κ2) is 2.33. The van der Waals surface area contributed by atoms with Crippen LogP contribution in [0.4, 0.5) is 0 Å². The Hall–Kier alpha value is -0.610. The molecule has 4 nitrogen and oxygen atoms in total. The standard InChI is InChI=1S/C5H13N3O/c1-5(6,7)4(9)8(2)3/h6-7H2,1-3H3. The van der Waals surface area contributed by atoms with E-state index in [0.717, 1.165) is 0 Å². The van der Waals surface area contributed by atoms with Crippen LogP contribution in [0.15, 0.2) is 0 Å². The van der Waals surface area contributed by atoms with Crippen LogP contribution in [-0.2, 0) is 4.79 Å². The molecular formula is C5H13N3O. The van der Waals surface area contributed by atoms with Crippen LogP contribution < -0.4 is 11.5 Å². The molecule has 0 aliphatic carbocycles. The Morgan fingerprint density at radius 1 is 1.44 bits per heavy atom. The zero-order valence-corrected chi connectivity index (χ0v) is 6.01. The van der Waals surface area contributed by atoms with Crippen LogP contribution in [0.1, 0.15) is 6.92 Å². The van der Waals surface area contributed by atoms with Gasteiger partial charge in [-0.15, -0.1) is 0 Å². The molecule has 0 aromatic heterocycles.